The van der Waals surface area contributed by atoms with Gasteiger partial charge in [-0.2, -0.15) is 5.10 Å². The summed E-state index contributed by atoms with van der Waals surface area (Å²) in [4.78, 5) is 26.4. The minimum absolute atomic E-state index is 0.143. The van der Waals surface area contributed by atoms with Crippen LogP contribution in [0, 0.1) is 13.8 Å². The number of aromatic carboxylic acids is 1. The highest BCUT2D eigenvalue weighted by atomic mass is 16.4. The first-order valence-corrected chi connectivity index (χ1v) is 6.96. The predicted molar refractivity (Wildman–Crippen MR) is 79.8 cm³/mol. The Balaban J connectivity index is 1.84. The topological polar surface area (TPSA) is 97.1 Å². The monoisotopic (exact) mass is 302 g/mol. The fraction of sp³-hybridized carbons (Fsp3) is 0.333. The molecule has 0 aliphatic rings. The fourth-order valence-corrected chi connectivity index (χ4v) is 2.12. The lowest BCUT2D eigenvalue weighted by molar-refractivity contribution is 0.0690. The Morgan fingerprint density at radius 1 is 1.32 bits per heavy atom. The van der Waals surface area contributed by atoms with Gasteiger partial charge < -0.3 is 10.4 Å². The van der Waals surface area contributed by atoms with E-state index in [2.05, 4.69) is 15.4 Å². The molecule has 7 nitrogen and oxygen atoms in total. The second-order valence-corrected chi connectivity index (χ2v) is 4.99. The Morgan fingerprint density at radius 2 is 2.09 bits per heavy atom. The molecule has 0 aliphatic heterocycles. The van der Waals surface area contributed by atoms with Gasteiger partial charge in [0.15, 0.2) is 0 Å². The summed E-state index contributed by atoms with van der Waals surface area (Å²) in [7, 11) is 0. The Bertz CT molecular complexity index is 694. The van der Waals surface area contributed by atoms with Gasteiger partial charge in [-0.25, -0.2) is 9.78 Å². The third kappa shape index (κ3) is 3.91. The summed E-state index contributed by atoms with van der Waals surface area (Å²) in [5.74, 6) is -1.46. The molecule has 1 amide bonds. The maximum Gasteiger partial charge on any atom is 0.354 e. The van der Waals surface area contributed by atoms with E-state index < -0.39 is 5.97 Å². The Labute approximate surface area is 128 Å². The highest BCUT2D eigenvalue weighted by molar-refractivity contribution is 5.96. The van der Waals surface area contributed by atoms with Gasteiger partial charge in [0.1, 0.15) is 5.69 Å². The molecule has 0 atom stereocenters. The first-order valence-electron chi connectivity index (χ1n) is 6.96. The van der Waals surface area contributed by atoms with Crippen molar-refractivity contribution in [3.05, 3.63) is 47.0 Å². The molecule has 2 N–H and O–H groups in total. The van der Waals surface area contributed by atoms with E-state index in [9.17, 15) is 9.59 Å². The predicted octanol–water partition coefficient (Wildman–Crippen LogP) is 1.41. The maximum absolute atomic E-state index is 11.9. The van der Waals surface area contributed by atoms with Crippen LogP contribution in [0.25, 0.3) is 0 Å². The number of hydrogen-bond acceptors (Lipinski definition) is 4. The lowest BCUT2D eigenvalue weighted by atomic mass is 10.2. The van der Waals surface area contributed by atoms with Crippen LogP contribution in [0.3, 0.4) is 0 Å². The lowest BCUT2D eigenvalue weighted by Gasteiger charge is -2.07. The van der Waals surface area contributed by atoms with Gasteiger partial charge in [-0.05, 0) is 38.5 Å². The smallest absolute Gasteiger partial charge is 0.354 e. The van der Waals surface area contributed by atoms with Gasteiger partial charge in [0.05, 0.1) is 5.69 Å². The van der Waals surface area contributed by atoms with Gasteiger partial charge in [-0.15, -0.1) is 0 Å². The van der Waals surface area contributed by atoms with Crippen LogP contribution in [0.5, 0.6) is 0 Å². The number of carbonyl (C=O) groups is 2. The van der Waals surface area contributed by atoms with Gasteiger partial charge in [-0.1, -0.05) is 0 Å². The van der Waals surface area contributed by atoms with Crippen LogP contribution >= 0.6 is 0 Å². The molecule has 0 fully saturated rings. The second kappa shape index (κ2) is 6.84. The van der Waals surface area contributed by atoms with Crippen LogP contribution in [0.1, 0.15) is 38.7 Å². The van der Waals surface area contributed by atoms with Crippen LogP contribution in [0.2, 0.25) is 0 Å². The summed E-state index contributed by atoms with van der Waals surface area (Å²) in [5, 5.41) is 16.0. The van der Waals surface area contributed by atoms with E-state index in [1.165, 1.54) is 18.3 Å². The number of pyridine rings is 1. The highest BCUT2D eigenvalue weighted by Crippen LogP contribution is 2.04. The molecule has 22 heavy (non-hydrogen) atoms. The molecule has 0 bridgehead atoms. The van der Waals surface area contributed by atoms with Crippen molar-refractivity contribution in [1.82, 2.24) is 20.1 Å². The minimum atomic E-state index is -1.15. The van der Waals surface area contributed by atoms with Crippen LogP contribution in [0.15, 0.2) is 24.4 Å². The zero-order chi connectivity index (χ0) is 16.1. The first-order chi connectivity index (χ1) is 10.5. The molecule has 0 aromatic carbocycles. The molecule has 0 spiro atoms. The van der Waals surface area contributed by atoms with Crippen LogP contribution in [-0.4, -0.2) is 38.3 Å². The normalized spacial score (nSPS) is 10.5. The molecule has 0 unspecified atom stereocenters. The number of aryl methyl sites for hydroxylation is 3. The molecule has 116 valence electrons. The Kier molecular flexibility index (Phi) is 4.88. The van der Waals surface area contributed by atoms with Gasteiger partial charge in [-0.3, -0.25) is 9.48 Å². The zero-order valence-electron chi connectivity index (χ0n) is 12.5. The third-order valence-electron chi connectivity index (χ3n) is 3.18. The summed E-state index contributed by atoms with van der Waals surface area (Å²) in [6, 6.07) is 4.75. The number of rotatable bonds is 6. The summed E-state index contributed by atoms with van der Waals surface area (Å²) < 4.78 is 1.90. The Morgan fingerprint density at radius 3 is 2.73 bits per heavy atom. The second-order valence-electron chi connectivity index (χ2n) is 4.99. The van der Waals surface area contributed by atoms with Gasteiger partial charge in [0.25, 0.3) is 5.91 Å². The number of amides is 1. The molecule has 0 radical (unpaired) electrons. The molecule has 2 rings (SSSR count). The Hall–Kier alpha value is -2.70. The first kappa shape index (κ1) is 15.7. The van der Waals surface area contributed by atoms with Crippen molar-refractivity contribution in [2.45, 2.75) is 26.8 Å². The summed E-state index contributed by atoms with van der Waals surface area (Å²) in [6.45, 7) is 5.14. The van der Waals surface area contributed by atoms with E-state index in [-0.39, 0.29) is 11.6 Å². The van der Waals surface area contributed by atoms with Crippen molar-refractivity contribution in [2.24, 2.45) is 0 Å². The van der Waals surface area contributed by atoms with Crippen LogP contribution < -0.4 is 5.32 Å². The van der Waals surface area contributed by atoms with Crippen molar-refractivity contribution < 1.29 is 14.7 Å². The number of nitrogens with zero attached hydrogens (tertiary/aromatic N) is 3. The third-order valence-corrected chi connectivity index (χ3v) is 3.18. The number of nitrogens with one attached hydrogen (secondary N) is 1. The molecule has 7 heteroatoms. The van der Waals surface area contributed by atoms with Crippen molar-refractivity contribution in [3.8, 4) is 0 Å². The number of carboxylic acid groups (broad SMARTS) is 1. The molecule has 0 aliphatic carbocycles. The summed E-state index contributed by atoms with van der Waals surface area (Å²) >= 11 is 0. The maximum atomic E-state index is 11.9. The average Bonchev–Trinajstić information content (AvgIpc) is 2.81. The van der Waals surface area contributed by atoms with Crippen molar-refractivity contribution >= 4 is 11.9 Å². The molecular formula is C15H18N4O3. The average molecular weight is 302 g/mol. The van der Waals surface area contributed by atoms with Gasteiger partial charge >= 0.3 is 5.97 Å². The van der Waals surface area contributed by atoms with Crippen molar-refractivity contribution in [3.63, 3.8) is 0 Å². The number of carboxylic acids is 1. The summed E-state index contributed by atoms with van der Waals surface area (Å²) in [6.07, 6.45) is 2.05. The van der Waals surface area contributed by atoms with E-state index >= 15 is 0 Å². The molecule has 0 saturated carbocycles. The van der Waals surface area contributed by atoms with E-state index in [1.807, 2.05) is 24.6 Å². The largest absolute Gasteiger partial charge is 0.477 e. The SMILES string of the molecule is Cc1cc(C)n(CCCNC(=O)c2ccnc(C(=O)O)c2)n1. The standard InChI is InChI=1S/C15H18N4O3/c1-10-8-11(2)19(18-10)7-3-5-17-14(20)12-4-6-16-13(9-12)15(21)22/h4,6,8-9H,3,5,7H2,1-2H3,(H,17,20)(H,21,22). The molecule has 0 saturated heterocycles. The quantitative estimate of drug-likeness (QED) is 0.786. The van der Waals surface area contributed by atoms with E-state index in [0.717, 1.165) is 24.4 Å². The zero-order valence-corrected chi connectivity index (χ0v) is 12.5. The molecule has 2 aromatic rings. The minimum Gasteiger partial charge on any atom is -0.477 e. The van der Waals surface area contributed by atoms with Crippen molar-refractivity contribution in [2.75, 3.05) is 6.54 Å². The number of aromatic nitrogens is 3. The highest BCUT2D eigenvalue weighted by Gasteiger charge is 2.10. The van der Waals surface area contributed by atoms with E-state index in [4.69, 9.17) is 5.11 Å². The lowest BCUT2D eigenvalue weighted by Crippen LogP contribution is -2.25. The molecular weight excluding hydrogens is 284 g/mol. The van der Waals surface area contributed by atoms with Crippen LogP contribution in [-0.2, 0) is 6.54 Å². The number of hydrogen-bond donors (Lipinski definition) is 2. The van der Waals surface area contributed by atoms with Crippen LogP contribution in [0.4, 0.5) is 0 Å². The number of carbonyl (C=O) groups excluding carboxylic acids is 1. The van der Waals surface area contributed by atoms with Gasteiger partial charge in [0, 0.05) is 30.5 Å². The molecule has 2 heterocycles. The summed E-state index contributed by atoms with van der Waals surface area (Å²) in [5.41, 5.74) is 2.21. The van der Waals surface area contributed by atoms with E-state index in [1.54, 1.807) is 0 Å². The fourth-order valence-electron chi connectivity index (χ4n) is 2.12. The van der Waals surface area contributed by atoms with Crippen molar-refractivity contribution in [1.29, 1.82) is 0 Å². The molecule has 2 aromatic heterocycles. The van der Waals surface area contributed by atoms with Gasteiger partial charge in [0.2, 0.25) is 0 Å². The van der Waals surface area contributed by atoms with E-state index in [0.29, 0.717) is 12.1 Å².